The van der Waals surface area contributed by atoms with Crippen molar-refractivity contribution < 1.29 is 4.74 Å². The molecule has 7 nitrogen and oxygen atoms in total. The molecule has 0 fully saturated rings. The maximum Gasteiger partial charge on any atom is 0.274 e. The number of nitrogens with one attached hydrogen (secondary N) is 2. The second-order valence-corrected chi connectivity index (χ2v) is 6.22. The minimum Gasteiger partial charge on any atom is -0.489 e. The van der Waals surface area contributed by atoms with Crippen LogP contribution in [0.3, 0.4) is 0 Å². The summed E-state index contributed by atoms with van der Waals surface area (Å²) in [7, 11) is 0. The number of hydrogen-bond acceptors (Lipinski definition) is 5. The van der Waals surface area contributed by atoms with Crippen LogP contribution in [0.4, 0.5) is 5.95 Å². The summed E-state index contributed by atoms with van der Waals surface area (Å²) >= 11 is 0. The van der Waals surface area contributed by atoms with Gasteiger partial charge in [0.2, 0.25) is 5.95 Å². The van der Waals surface area contributed by atoms with Crippen molar-refractivity contribution in [1.29, 1.82) is 0 Å². The number of anilines is 1. The van der Waals surface area contributed by atoms with Crippen molar-refractivity contribution in [3.8, 4) is 5.75 Å². The number of benzene rings is 2. The minimum absolute atomic E-state index is 0.182. The molecule has 4 aromatic rings. The van der Waals surface area contributed by atoms with Gasteiger partial charge < -0.3 is 10.1 Å². The number of ether oxygens (including phenoxy) is 1. The van der Waals surface area contributed by atoms with Crippen LogP contribution in [-0.4, -0.2) is 19.6 Å². The van der Waals surface area contributed by atoms with Crippen LogP contribution in [0, 0.1) is 6.92 Å². The summed E-state index contributed by atoms with van der Waals surface area (Å²) < 4.78 is 7.10. The first-order chi connectivity index (χ1) is 13.2. The lowest BCUT2D eigenvalue weighted by molar-refractivity contribution is 0.306. The average Bonchev–Trinajstić information content (AvgIpc) is 3.10. The number of nitrogens with zero attached hydrogens (tertiary/aromatic N) is 3. The highest BCUT2D eigenvalue weighted by atomic mass is 16.5. The first-order valence-electron chi connectivity index (χ1n) is 8.63. The fourth-order valence-electron chi connectivity index (χ4n) is 2.70. The first kappa shape index (κ1) is 16.8. The summed E-state index contributed by atoms with van der Waals surface area (Å²) in [5.41, 5.74) is 2.66. The molecule has 2 aromatic carbocycles. The van der Waals surface area contributed by atoms with Gasteiger partial charge in [-0.05, 0) is 30.2 Å². The fraction of sp³-hybridized carbons (Fsp3) is 0.150. The molecule has 7 heteroatoms. The number of aromatic nitrogens is 4. The van der Waals surface area contributed by atoms with Gasteiger partial charge in [0, 0.05) is 18.3 Å². The highest BCUT2D eigenvalue weighted by Gasteiger charge is 2.06. The second kappa shape index (κ2) is 7.33. The van der Waals surface area contributed by atoms with Crippen molar-refractivity contribution in [3.63, 3.8) is 0 Å². The Bertz CT molecular complexity index is 1100. The lowest BCUT2D eigenvalue weighted by atomic mass is 10.2. The number of aryl methyl sites for hydroxylation is 1. The molecule has 2 aromatic heterocycles. The van der Waals surface area contributed by atoms with E-state index in [4.69, 9.17) is 4.74 Å². The normalized spacial score (nSPS) is 10.9. The van der Waals surface area contributed by atoms with Crippen LogP contribution in [0.1, 0.15) is 16.8 Å². The molecule has 0 unspecified atom stereocenters. The minimum atomic E-state index is -0.182. The molecular weight excluding hydrogens is 342 g/mol. The van der Waals surface area contributed by atoms with Crippen LogP contribution in [-0.2, 0) is 13.2 Å². The summed E-state index contributed by atoms with van der Waals surface area (Å²) in [5, 5.41) is 6.07. The number of fused-ring (bicyclic) bond motifs is 1. The standard InChI is InChI=1S/C20H19N5O2/c1-14-11-18(26)25-20(22-14)23-19(24-25)21-12-15-7-9-17(10-8-15)27-13-16-5-3-2-4-6-16/h2-11H,12-13H2,1H3,(H2,21,22,23,24). The molecule has 0 saturated heterocycles. The number of aromatic amines is 1. The Labute approximate surface area is 155 Å². The summed E-state index contributed by atoms with van der Waals surface area (Å²) in [6, 6.07) is 19.4. The molecule has 27 heavy (non-hydrogen) atoms. The largest absolute Gasteiger partial charge is 0.489 e. The van der Waals surface area contributed by atoms with Crippen LogP contribution < -0.4 is 15.6 Å². The Balaban J connectivity index is 1.37. The smallest absolute Gasteiger partial charge is 0.274 e. The van der Waals surface area contributed by atoms with Crippen LogP contribution in [0.15, 0.2) is 65.5 Å². The fourth-order valence-corrected chi connectivity index (χ4v) is 2.70. The van der Waals surface area contributed by atoms with E-state index in [-0.39, 0.29) is 5.56 Å². The van der Waals surface area contributed by atoms with E-state index >= 15 is 0 Å². The highest BCUT2D eigenvalue weighted by Crippen LogP contribution is 2.15. The molecular formula is C20H19N5O2. The van der Waals surface area contributed by atoms with Gasteiger partial charge in [0.15, 0.2) is 0 Å². The van der Waals surface area contributed by atoms with E-state index in [0.717, 1.165) is 16.9 Å². The third kappa shape index (κ3) is 3.98. The van der Waals surface area contributed by atoms with Gasteiger partial charge in [0.25, 0.3) is 11.3 Å². The van der Waals surface area contributed by atoms with Crippen molar-refractivity contribution in [1.82, 2.24) is 19.6 Å². The molecule has 2 N–H and O–H groups in total. The van der Waals surface area contributed by atoms with Gasteiger partial charge in [-0.25, -0.2) is 4.98 Å². The molecule has 0 aliphatic rings. The van der Waals surface area contributed by atoms with Gasteiger partial charge in [-0.1, -0.05) is 42.5 Å². The van der Waals surface area contributed by atoms with Gasteiger partial charge in [-0.15, -0.1) is 0 Å². The molecule has 0 amide bonds. The lowest BCUT2D eigenvalue weighted by Crippen LogP contribution is -2.14. The Morgan fingerprint density at radius 1 is 1.04 bits per heavy atom. The summed E-state index contributed by atoms with van der Waals surface area (Å²) in [6.07, 6.45) is 0. The van der Waals surface area contributed by atoms with Gasteiger partial charge in [0.05, 0.1) is 0 Å². The van der Waals surface area contributed by atoms with Crippen LogP contribution in [0.25, 0.3) is 5.78 Å². The van der Waals surface area contributed by atoms with E-state index in [1.807, 2.05) is 54.6 Å². The molecule has 2 heterocycles. The number of rotatable bonds is 6. The molecule has 0 radical (unpaired) electrons. The lowest BCUT2D eigenvalue weighted by Gasteiger charge is -2.08. The van der Waals surface area contributed by atoms with Gasteiger partial charge in [-0.2, -0.15) is 9.50 Å². The van der Waals surface area contributed by atoms with Crippen molar-refractivity contribution >= 4 is 11.7 Å². The SMILES string of the molecule is Cc1cc(=O)n2[nH]c(NCc3ccc(OCc4ccccc4)cc3)nc2n1. The van der Waals surface area contributed by atoms with E-state index in [2.05, 4.69) is 20.4 Å². The van der Waals surface area contributed by atoms with Crippen molar-refractivity contribution in [2.45, 2.75) is 20.1 Å². The second-order valence-electron chi connectivity index (χ2n) is 6.22. The Hall–Kier alpha value is -3.61. The third-order valence-corrected chi connectivity index (χ3v) is 4.09. The van der Waals surface area contributed by atoms with Crippen LogP contribution in [0.5, 0.6) is 5.75 Å². The predicted molar refractivity (Wildman–Crippen MR) is 103 cm³/mol. The summed E-state index contributed by atoms with van der Waals surface area (Å²) in [6.45, 7) is 2.87. The Morgan fingerprint density at radius 3 is 2.59 bits per heavy atom. The maximum atomic E-state index is 11.9. The van der Waals surface area contributed by atoms with E-state index < -0.39 is 0 Å². The predicted octanol–water partition coefficient (Wildman–Crippen LogP) is 2.92. The quantitative estimate of drug-likeness (QED) is 0.552. The molecule has 0 spiro atoms. The Kier molecular flexibility index (Phi) is 4.57. The Morgan fingerprint density at radius 2 is 1.81 bits per heavy atom. The molecule has 136 valence electrons. The van der Waals surface area contributed by atoms with E-state index in [1.54, 1.807) is 6.92 Å². The molecule has 0 aliphatic carbocycles. The zero-order valence-electron chi connectivity index (χ0n) is 14.8. The van der Waals surface area contributed by atoms with E-state index in [9.17, 15) is 4.79 Å². The molecule has 4 rings (SSSR count). The summed E-state index contributed by atoms with van der Waals surface area (Å²) in [5.74, 6) is 1.67. The highest BCUT2D eigenvalue weighted by molar-refractivity contribution is 5.38. The van der Waals surface area contributed by atoms with Crippen LogP contribution >= 0.6 is 0 Å². The number of H-pyrrole nitrogens is 1. The monoisotopic (exact) mass is 361 g/mol. The zero-order valence-corrected chi connectivity index (χ0v) is 14.8. The van der Waals surface area contributed by atoms with Crippen molar-refractivity contribution in [2.24, 2.45) is 0 Å². The molecule has 0 aliphatic heterocycles. The third-order valence-electron chi connectivity index (χ3n) is 4.09. The zero-order chi connectivity index (χ0) is 18.6. The molecule has 0 bridgehead atoms. The van der Waals surface area contributed by atoms with Crippen LogP contribution in [0.2, 0.25) is 0 Å². The topological polar surface area (TPSA) is 84.3 Å². The first-order valence-corrected chi connectivity index (χ1v) is 8.63. The van der Waals surface area contributed by atoms with E-state index in [0.29, 0.717) is 30.6 Å². The van der Waals surface area contributed by atoms with Gasteiger partial charge in [-0.3, -0.25) is 9.89 Å². The maximum absolute atomic E-state index is 11.9. The number of hydrogen-bond donors (Lipinski definition) is 2. The summed E-state index contributed by atoms with van der Waals surface area (Å²) in [4.78, 5) is 20.4. The molecule has 0 saturated carbocycles. The van der Waals surface area contributed by atoms with Gasteiger partial charge >= 0.3 is 0 Å². The van der Waals surface area contributed by atoms with Gasteiger partial charge in [0.1, 0.15) is 12.4 Å². The van der Waals surface area contributed by atoms with E-state index in [1.165, 1.54) is 10.6 Å². The van der Waals surface area contributed by atoms with Crippen molar-refractivity contribution in [2.75, 3.05) is 5.32 Å². The molecule has 0 atom stereocenters. The van der Waals surface area contributed by atoms with Crippen molar-refractivity contribution in [3.05, 3.63) is 87.8 Å². The average molecular weight is 361 g/mol.